The molecule has 0 fully saturated rings. The molecule has 0 spiro atoms. The van der Waals surface area contributed by atoms with Crippen LogP contribution in [0.25, 0.3) is 0 Å². The number of carboxylic acid groups (broad SMARTS) is 1. The first-order valence-corrected chi connectivity index (χ1v) is 5.36. The molecule has 0 aliphatic heterocycles. The van der Waals surface area contributed by atoms with E-state index in [1.165, 1.54) is 0 Å². The lowest BCUT2D eigenvalue weighted by atomic mass is 10.1. The highest BCUT2D eigenvalue weighted by Gasteiger charge is 2.15. The van der Waals surface area contributed by atoms with E-state index in [1.807, 2.05) is 6.92 Å². The summed E-state index contributed by atoms with van der Waals surface area (Å²) in [6.45, 7) is 3.45. The van der Waals surface area contributed by atoms with Gasteiger partial charge in [0.1, 0.15) is 6.04 Å². The molecule has 0 aromatic rings. The Balaban J connectivity index is 3.59. The third-order valence-electron chi connectivity index (χ3n) is 2.08. The minimum atomic E-state index is -0.940. The molecule has 0 saturated heterocycles. The first kappa shape index (κ1) is 14.9. The van der Waals surface area contributed by atoms with E-state index in [-0.39, 0.29) is 18.7 Å². The van der Waals surface area contributed by atoms with E-state index in [0.29, 0.717) is 19.8 Å². The molecule has 1 unspecified atom stereocenters. The average Bonchev–Trinajstić information content (AvgIpc) is 2.25. The van der Waals surface area contributed by atoms with Crippen molar-refractivity contribution in [3.05, 3.63) is 0 Å². The number of rotatable bonds is 9. The SMILES string of the molecule is CCOCCNC(=O)CCC(NC)C(=O)O. The number of carbonyl (C=O) groups is 2. The lowest BCUT2D eigenvalue weighted by Crippen LogP contribution is -2.36. The highest BCUT2D eigenvalue weighted by atomic mass is 16.5. The van der Waals surface area contributed by atoms with Crippen LogP contribution in [-0.2, 0) is 14.3 Å². The van der Waals surface area contributed by atoms with Crippen LogP contribution in [-0.4, -0.2) is 49.8 Å². The third-order valence-corrected chi connectivity index (χ3v) is 2.08. The van der Waals surface area contributed by atoms with E-state index in [1.54, 1.807) is 7.05 Å². The van der Waals surface area contributed by atoms with Crippen molar-refractivity contribution in [1.82, 2.24) is 10.6 Å². The number of ether oxygens (including phenoxy) is 1. The maximum absolute atomic E-state index is 11.3. The molecule has 94 valence electrons. The van der Waals surface area contributed by atoms with Crippen LogP contribution in [0.3, 0.4) is 0 Å². The summed E-state index contributed by atoms with van der Waals surface area (Å²) in [5, 5.41) is 14.0. The van der Waals surface area contributed by atoms with Crippen LogP contribution in [0.4, 0.5) is 0 Å². The number of amides is 1. The Hall–Kier alpha value is -1.14. The Labute approximate surface area is 95.4 Å². The molecule has 3 N–H and O–H groups in total. The van der Waals surface area contributed by atoms with Crippen molar-refractivity contribution in [2.45, 2.75) is 25.8 Å². The summed E-state index contributed by atoms with van der Waals surface area (Å²) in [7, 11) is 1.56. The highest BCUT2D eigenvalue weighted by Crippen LogP contribution is 1.96. The molecule has 0 heterocycles. The summed E-state index contributed by atoms with van der Waals surface area (Å²) >= 11 is 0. The van der Waals surface area contributed by atoms with Gasteiger partial charge in [-0.3, -0.25) is 9.59 Å². The third kappa shape index (κ3) is 7.19. The van der Waals surface area contributed by atoms with Crippen LogP contribution in [0.2, 0.25) is 0 Å². The van der Waals surface area contributed by atoms with Gasteiger partial charge in [-0.25, -0.2) is 0 Å². The zero-order chi connectivity index (χ0) is 12.4. The predicted octanol–water partition coefficient (Wildman–Crippen LogP) is -0.408. The second kappa shape index (κ2) is 9.11. The van der Waals surface area contributed by atoms with Gasteiger partial charge in [0.25, 0.3) is 0 Å². The number of hydrogen-bond donors (Lipinski definition) is 3. The van der Waals surface area contributed by atoms with E-state index >= 15 is 0 Å². The summed E-state index contributed by atoms with van der Waals surface area (Å²) in [4.78, 5) is 21.9. The van der Waals surface area contributed by atoms with E-state index in [2.05, 4.69) is 10.6 Å². The van der Waals surface area contributed by atoms with Gasteiger partial charge in [-0.2, -0.15) is 0 Å². The first-order valence-electron chi connectivity index (χ1n) is 5.36. The van der Waals surface area contributed by atoms with Gasteiger partial charge in [-0.05, 0) is 20.4 Å². The molecule has 1 amide bonds. The second-order valence-electron chi connectivity index (χ2n) is 3.27. The molecule has 0 saturated carbocycles. The number of nitrogens with one attached hydrogen (secondary N) is 2. The van der Waals surface area contributed by atoms with Gasteiger partial charge in [0.05, 0.1) is 6.61 Å². The van der Waals surface area contributed by atoms with Crippen LogP contribution in [0, 0.1) is 0 Å². The quantitative estimate of drug-likeness (QED) is 0.470. The highest BCUT2D eigenvalue weighted by molar-refractivity contribution is 5.78. The molecule has 0 aromatic carbocycles. The van der Waals surface area contributed by atoms with Crippen molar-refractivity contribution in [2.75, 3.05) is 26.8 Å². The maximum Gasteiger partial charge on any atom is 0.320 e. The summed E-state index contributed by atoms with van der Waals surface area (Å²) in [5.74, 6) is -1.09. The van der Waals surface area contributed by atoms with Gasteiger partial charge in [-0.1, -0.05) is 0 Å². The van der Waals surface area contributed by atoms with Crippen LogP contribution in [0.15, 0.2) is 0 Å². The molecule has 0 rings (SSSR count). The van der Waals surface area contributed by atoms with Crippen LogP contribution in [0.5, 0.6) is 0 Å². The van der Waals surface area contributed by atoms with Gasteiger partial charge in [0.2, 0.25) is 5.91 Å². The molecule has 16 heavy (non-hydrogen) atoms. The lowest BCUT2D eigenvalue weighted by Gasteiger charge is -2.10. The normalized spacial score (nSPS) is 12.1. The fourth-order valence-electron chi connectivity index (χ4n) is 1.16. The van der Waals surface area contributed by atoms with Gasteiger partial charge < -0.3 is 20.5 Å². The Morgan fingerprint density at radius 2 is 2.12 bits per heavy atom. The molecule has 6 heteroatoms. The minimum absolute atomic E-state index is 0.152. The maximum atomic E-state index is 11.3. The molecule has 0 aliphatic rings. The molecule has 0 aromatic heterocycles. The molecular formula is C10H20N2O4. The fourth-order valence-corrected chi connectivity index (χ4v) is 1.16. The standard InChI is InChI=1S/C10H20N2O4/c1-3-16-7-6-12-9(13)5-4-8(11-2)10(14)15/h8,11H,3-7H2,1-2H3,(H,12,13)(H,14,15). The summed E-state index contributed by atoms with van der Waals surface area (Å²) < 4.78 is 5.05. The van der Waals surface area contributed by atoms with Crippen molar-refractivity contribution in [2.24, 2.45) is 0 Å². The van der Waals surface area contributed by atoms with Gasteiger partial charge in [0, 0.05) is 19.6 Å². The van der Waals surface area contributed by atoms with Crippen molar-refractivity contribution >= 4 is 11.9 Å². The van der Waals surface area contributed by atoms with Crippen molar-refractivity contribution in [3.8, 4) is 0 Å². The summed E-state index contributed by atoms with van der Waals surface area (Å²) in [5.41, 5.74) is 0. The van der Waals surface area contributed by atoms with Crippen molar-refractivity contribution in [3.63, 3.8) is 0 Å². The Morgan fingerprint density at radius 3 is 2.62 bits per heavy atom. The smallest absolute Gasteiger partial charge is 0.320 e. The van der Waals surface area contributed by atoms with Gasteiger partial charge in [0.15, 0.2) is 0 Å². The summed E-state index contributed by atoms with van der Waals surface area (Å²) in [6, 6.07) is -0.669. The monoisotopic (exact) mass is 232 g/mol. The zero-order valence-electron chi connectivity index (χ0n) is 9.78. The summed E-state index contributed by atoms with van der Waals surface area (Å²) in [6.07, 6.45) is 0.482. The Kier molecular flexibility index (Phi) is 8.46. The van der Waals surface area contributed by atoms with Crippen molar-refractivity contribution in [1.29, 1.82) is 0 Å². The molecular weight excluding hydrogens is 212 g/mol. The largest absolute Gasteiger partial charge is 0.480 e. The second-order valence-corrected chi connectivity index (χ2v) is 3.27. The predicted molar refractivity (Wildman–Crippen MR) is 59.2 cm³/mol. The number of carbonyl (C=O) groups excluding carboxylic acids is 1. The number of hydrogen-bond acceptors (Lipinski definition) is 4. The van der Waals surface area contributed by atoms with Crippen LogP contribution in [0.1, 0.15) is 19.8 Å². The minimum Gasteiger partial charge on any atom is -0.480 e. The van der Waals surface area contributed by atoms with Crippen LogP contribution >= 0.6 is 0 Å². The van der Waals surface area contributed by atoms with Crippen molar-refractivity contribution < 1.29 is 19.4 Å². The van der Waals surface area contributed by atoms with E-state index in [4.69, 9.17) is 9.84 Å². The fraction of sp³-hybridized carbons (Fsp3) is 0.800. The van der Waals surface area contributed by atoms with E-state index < -0.39 is 12.0 Å². The Bertz CT molecular complexity index is 221. The van der Waals surface area contributed by atoms with Gasteiger partial charge in [-0.15, -0.1) is 0 Å². The first-order chi connectivity index (χ1) is 7.61. The number of aliphatic carboxylic acids is 1. The molecule has 0 radical (unpaired) electrons. The van der Waals surface area contributed by atoms with E-state index in [9.17, 15) is 9.59 Å². The number of likely N-dealkylation sites (N-methyl/N-ethyl adjacent to an activating group) is 1. The zero-order valence-corrected chi connectivity index (χ0v) is 9.78. The molecule has 1 atom stereocenters. The van der Waals surface area contributed by atoms with Gasteiger partial charge >= 0.3 is 5.97 Å². The number of carboxylic acids is 1. The lowest BCUT2D eigenvalue weighted by molar-refractivity contribution is -0.139. The topological polar surface area (TPSA) is 87.7 Å². The molecule has 0 bridgehead atoms. The average molecular weight is 232 g/mol. The van der Waals surface area contributed by atoms with E-state index in [0.717, 1.165) is 0 Å². The Morgan fingerprint density at radius 1 is 1.44 bits per heavy atom. The molecule has 0 aliphatic carbocycles. The van der Waals surface area contributed by atoms with Crippen LogP contribution < -0.4 is 10.6 Å². The molecule has 6 nitrogen and oxygen atoms in total.